The lowest BCUT2D eigenvalue weighted by Crippen LogP contribution is -2.49. The topological polar surface area (TPSA) is 67.1 Å². The molecule has 4 rings (SSSR count). The van der Waals surface area contributed by atoms with Gasteiger partial charge in [-0.1, -0.05) is 12.1 Å². The molecule has 0 bridgehead atoms. The lowest BCUT2D eigenvalue weighted by molar-refractivity contribution is -0.149. The van der Waals surface area contributed by atoms with E-state index in [1.165, 1.54) is 19.4 Å². The van der Waals surface area contributed by atoms with Crippen molar-refractivity contribution >= 4 is 11.6 Å². The lowest BCUT2D eigenvalue weighted by Gasteiger charge is -2.35. The van der Waals surface area contributed by atoms with Gasteiger partial charge in [0.2, 0.25) is 0 Å². The van der Waals surface area contributed by atoms with Crippen molar-refractivity contribution in [2.45, 2.75) is 45.3 Å². The molecular formula is C23H27N3O3. The predicted molar refractivity (Wildman–Crippen MR) is 112 cm³/mol. The molecule has 6 heteroatoms. The van der Waals surface area contributed by atoms with Crippen LogP contribution in [-0.4, -0.2) is 50.1 Å². The van der Waals surface area contributed by atoms with Crippen LogP contribution in [0.25, 0.3) is 16.8 Å². The summed E-state index contributed by atoms with van der Waals surface area (Å²) in [6, 6.07) is 12.3. The summed E-state index contributed by atoms with van der Waals surface area (Å²) in [6.07, 6.45) is 5.39. The Hall–Kier alpha value is -2.86. The van der Waals surface area contributed by atoms with Gasteiger partial charge in [-0.25, -0.2) is 4.98 Å². The monoisotopic (exact) mass is 393 g/mol. The van der Waals surface area contributed by atoms with E-state index in [1.807, 2.05) is 30.6 Å². The number of nitrogens with zero attached hydrogens (tertiary/aromatic N) is 3. The number of fused-ring (bicyclic) bond motifs is 1. The predicted octanol–water partition coefficient (Wildman–Crippen LogP) is 3.45. The molecule has 0 aliphatic carbocycles. The van der Waals surface area contributed by atoms with Gasteiger partial charge in [0.05, 0.1) is 0 Å². The summed E-state index contributed by atoms with van der Waals surface area (Å²) in [6.45, 7) is 6.38. The molecule has 6 nitrogen and oxygen atoms in total. The van der Waals surface area contributed by atoms with Gasteiger partial charge in [-0.2, -0.15) is 0 Å². The minimum Gasteiger partial charge on any atom is -0.490 e. The second-order valence-electron chi connectivity index (χ2n) is 8.18. The Labute approximate surface area is 170 Å². The number of carbonyl (C=O) groups is 1. The van der Waals surface area contributed by atoms with Crippen molar-refractivity contribution in [1.29, 1.82) is 0 Å². The number of pyridine rings is 1. The van der Waals surface area contributed by atoms with Gasteiger partial charge < -0.3 is 19.1 Å². The third-order valence-electron chi connectivity index (χ3n) is 5.54. The molecule has 0 saturated carbocycles. The summed E-state index contributed by atoms with van der Waals surface area (Å²) in [5.74, 6) is 0.618. The van der Waals surface area contributed by atoms with E-state index in [9.17, 15) is 9.90 Å². The van der Waals surface area contributed by atoms with Gasteiger partial charge in [0.25, 0.3) is 5.91 Å². The number of likely N-dealkylation sites (tertiary alicyclic amines) is 1. The zero-order chi connectivity index (χ0) is 20.6. The summed E-state index contributed by atoms with van der Waals surface area (Å²) in [4.78, 5) is 18.2. The number of ether oxygens (including phenoxy) is 1. The molecule has 1 N–H and O–H groups in total. The second-order valence-corrected chi connectivity index (χ2v) is 8.18. The van der Waals surface area contributed by atoms with Crippen LogP contribution >= 0.6 is 0 Å². The minimum atomic E-state index is -1.32. The number of piperidine rings is 1. The maximum Gasteiger partial charge on any atom is 0.253 e. The normalized spacial score (nSPS) is 15.7. The van der Waals surface area contributed by atoms with Gasteiger partial charge in [-0.3, -0.25) is 4.79 Å². The number of aryl methyl sites for hydroxylation is 1. The standard InChI is InChI=1S/C23H27N3O3/c1-16-20(8-9-21-24-12-15-26(16)21)17-4-6-18(7-5-17)29-19-10-13-25(14-11-19)22(27)23(2,3)28/h4-9,12,15,19,28H,10-11,13-14H2,1-3H3. The van der Waals surface area contributed by atoms with Crippen molar-refractivity contribution in [3.8, 4) is 16.9 Å². The first-order valence-corrected chi connectivity index (χ1v) is 10.0. The smallest absolute Gasteiger partial charge is 0.253 e. The number of rotatable bonds is 4. The van der Waals surface area contributed by atoms with E-state index in [1.54, 1.807) is 4.90 Å². The summed E-state index contributed by atoms with van der Waals surface area (Å²) in [5, 5.41) is 9.90. The second kappa shape index (κ2) is 7.52. The van der Waals surface area contributed by atoms with Crippen molar-refractivity contribution in [1.82, 2.24) is 14.3 Å². The number of hydrogen-bond acceptors (Lipinski definition) is 4. The number of hydrogen-bond donors (Lipinski definition) is 1. The van der Waals surface area contributed by atoms with E-state index in [0.29, 0.717) is 13.1 Å². The van der Waals surface area contributed by atoms with E-state index in [-0.39, 0.29) is 12.0 Å². The van der Waals surface area contributed by atoms with E-state index in [4.69, 9.17) is 4.74 Å². The molecule has 152 valence electrons. The summed E-state index contributed by atoms with van der Waals surface area (Å²) in [7, 11) is 0. The van der Waals surface area contributed by atoms with Crippen molar-refractivity contribution < 1.29 is 14.6 Å². The quantitative estimate of drug-likeness (QED) is 0.737. The zero-order valence-electron chi connectivity index (χ0n) is 17.1. The number of carbonyl (C=O) groups excluding carboxylic acids is 1. The highest BCUT2D eigenvalue weighted by Gasteiger charge is 2.32. The van der Waals surface area contributed by atoms with Crippen LogP contribution in [0.2, 0.25) is 0 Å². The van der Waals surface area contributed by atoms with Gasteiger partial charge in [0.15, 0.2) is 0 Å². The molecule has 0 radical (unpaired) electrons. The fourth-order valence-corrected chi connectivity index (χ4v) is 3.90. The number of aliphatic hydroxyl groups is 1. The third-order valence-corrected chi connectivity index (χ3v) is 5.54. The fourth-order valence-electron chi connectivity index (χ4n) is 3.90. The molecule has 1 fully saturated rings. The van der Waals surface area contributed by atoms with Crippen LogP contribution in [0.1, 0.15) is 32.4 Å². The van der Waals surface area contributed by atoms with E-state index in [2.05, 4.69) is 34.5 Å². The zero-order valence-corrected chi connectivity index (χ0v) is 17.1. The molecule has 1 amide bonds. The maximum absolute atomic E-state index is 12.2. The van der Waals surface area contributed by atoms with Crippen LogP contribution in [-0.2, 0) is 4.79 Å². The van der Waals surface area contributed by atoms with Crippen molar-refractivity contribution in [2.24, 2.45) is 0 Å². The van der Waals surface area contributed by atoms with Crippen LogP contribution in [0.4, 0.5) is 0 Å². The molecule has 1 aromatic carbocycles. The summed E-state index contributed by atoms with van der Waals surface area (Å²) in [5.41, 5.74) is 3.08. The molecule has 0 spiro atoms. The van der Waals surface area contributed by atoms with Crippen LogP contribution in [0.5, 0.6) is 5.75 Å². The Kier molecular flexibility index (Phi) is 5.04. The molecule has 2 aromatic heterocycles. The Morgan fingerprint density at radius 3 is 2.48 bits per heavy atom. The molecule has 3 aromatic rings. The van der Waals surface area contributed by atoms with E-state index in [0.717, 1.165) is 35.5 Å². The molecule has 1 aliphatic rings. The van der Waals surface area contributed by atoms with Crippen LogP contribution in [0.3, 0.4) is 0 Å². The molecule has 0 unspecified atom stereocenters. The van der Waals surface area contributed by atoms with Gasteiger partial charge in [-0.05, 0) is 50.6 Å². The Morgan fingerprint density at radius 1 is 1.14 bits per heavy atom. The fraction of sp³-hybridized carbons (Fsp3) is 0.391. The van der Waals surface area contributed by atoms with Crippen molar-refractivity contribution in [3.05, 3.63) is 54.5 Å². The van der Waals surface area contributed by atoms with Crippen molar-refractivity contribution in [3.63, 3.8) is 0 Å². The molecule has 1 aliphatic heterocycles. The van der Waals surface area contributed by atoms with Crippen LogP contribution < -0.4 is 4.74 Å². The Morgan fingerprint density at radius 2 is 1.83 bits per heavy atom. The first-order valence-electron chi connectivity index (χ1n) is 10.0. The van der Waals surface area contributed by atoms with Crippen LogP contribution in [0.15, 0.2) is 48.8 Å². The minimum absolute atomic E-state index is 0.0794. The average Bonchev–Trinajstić information content (AvgIpc) is 3.18. The maximum atomic E-state index is 12.2. The van der Waals surface area contributed by atoms with Crippen LogP contribution in [0, 0.1) is 6.92 Å². The first-order chi connectivity index (χ1) is 13.8. The number of aromatic nitrogens is 2. The van der Waals surface area contributed by atoms with E-state index < -0.39 is 5.60 Å². The summed E-state index contributed by atoms with van der Waals surface area (Å²) >= 11 is 0. The number of amides is 1. The van der Waals surface area contributed by atoms with Gasteiger partial charge in [0, 0.05) is 49.6 Å². The molecule has 1 saturated heterocycles. The van der Waals surface area contributed by atoms with Gasteiger partial charge in [0.1, 0.15) is 23.1 Å². The summed E-state index contributed by atoms with van der Waals surface area (Å²) < 4.78 is 8.22. The lowest BCUT2D eigenvalue weighted by atomic mass is 10.0. The first kappa shape index (κ1) is 19.5. The molecule has 3 heterocycles. The SMILES string of the molecule is Cc1c(-c2ccc(OC3CCN(C(=O)C(C)(C)O)CC3)cc2)ccc2nccn12. The van der Waals surface area contributed by atoms with E-state index >= 15 is 0 Å². The molecular weight excluding hydrogens is 366 g/mol. The number of benzene rings is 1. The average molecular weight is 393 g/mol. The Balaban J connectivity index is 1.40. The highest BCUT2D eigenvalue weighted by molar-refractivity contribution is 5.84. The largest absolute Gasteiger partial charge is 0.490 e. The van der Waals surface area contributed by atoms with Crippen molar-refractivity contribution in [2.75, 3.05) is 13.1 Å². The molecule has 0 atom stereocenters. The Bertz CT molecular complexity index is 1010. The van der Waals surface area contributed by atoms with Gasteiger partial charge >= 0.3 is 0 Å². The molecule has 29 heavy (non-hydrogen) atoms. The third kappa shape index (κ3) is 3.98. The van der Waals surface area contributed by atoms with Gasteiger partial charge in [-0.15, -0.1) is 0 Å². The highest BCUT2D eigenvalue weighted by Crippen LogP contribution is 2.27. The highest BCUT2D eigenvalue weighted by atomic mass is 16.5. The number of imidazole rings is 1.